The number of aromatic nitrogens is 3. The second kappa shape index (κ2) is 12.2. The third kappa shape index (κ3) is 6.44. The molecule has 2 aliphatic rings. The highest BCUT2D eigenvalue weighted by atomic mass is 35.5. The van der Waals surface area contributed by atoms with Gasteiger partial charge in [-0.3, -0.25) is 14.5 Å². The quantitative estimate of drug-likeness (QED) is 0.336. The van der Waals surface area contributed by atoms with Crippen molar-refractivity contribution in [2.45, 2.75) is 56.5 Å². The highest BCUT2D eigenvalue weighted by Gasteiger charge is 2.58. The number of nitrogens with one attached hydrogen (secondary N) is 1. The summed E-state index contributed by atoms with van der Waals surface area (Å²) in [7, 11) is 0. The summed E-state index contributed by atoms with van der Waals surface area (Å²) in [5, 5.41) is 16.3. The van der Waals surface area contributed by atoms with E-state index in [2.05, 4.69) is 15.4 Å². The van der Waals surface area contributed by atoms with Gasteiger partial charge >= 0.3 is 12.4 Å². The minimum Gasteiger partial charge on any atom is -0.382 e. The van der Waals surface area contributed by atoms with Gasteiger partial charge in [0.05, 0.1) is 34.8 Å². The lowest BCUT2D eigenvalue weighted by Crippen LogP contribution is -2.56. The molecule has 2 amide bonds. The first-order chi connectivity index (χ1) is 21.4. The average Bonchev–Trinajstić information content (AvgIpc) is 3.52. The van der Waals surface area contributed by atoms with Crippen LogP contribution in [-0.2, 0) is 11.3 Å². The number of nitrogens with two attached hydrogens (primary N) is 1. The SMILES string of the molecule is C[C@@](O)(C(=O)N1C[C@H](F)[C@H](NC(=O)c2cc(-c3cc(CN4CCC(C(F)(F)F)CC4)c4c(N)ncnn34)ccc2Cl)C1)C(F)(F)F. The number of anilines is 1. The summed E-state index contributed by atoms with van der Waals surface area (Å²) in [5.41, 5.74) is 4.19. The number of rotatable bonds is 6. The molecule has 18 heteroatoms. The molecule has 0 spiro atoms. The van der Waals surface area contributed by atoms with E-state index in [1.165, 1.54) is 23.0 Å². The molecule has 0 aliphatic carbocycles. The Balaban J connectivity index is 1.37. The predicted molar refractivity (Wildman–Crippen MR) is 151 cm³/mol. The number of halogens is 8. The fourth-order valence-corrected chi connectivity index (χ4v) is 5.93. The Hall–Kier alpha value is -3.70. The lowest BCUT2D eigenvalue weighted by atomic mass is 9.96. The number of nitrogen functional groups attached to an aromatic ring is 1. The molecule has 2 saturated heterocycles. The van der Waals surface area contributed by atoms with Crippen LogP contribution in [0.4, 0.5) is 36.6 Å². The zero-order chi connectivity index (χ0) is 33.8. The van der Waals surface area contributed by atoms with Crippen molar-refractivity contribution in [1.82, 2.24) is 29.7 Å². The second-order valence-electron chi connectivity index (χ2n) is 11.6. The van der Waals surface area contributed by atoms with E-state index >= 15 is 0 Å². The van der Waals surface area contributed by atoms with Crippen LogP contribution >= 0.6 is 11.6 Å². The first-order valence-corrected chi connectivity index (χ1v) is 14.5. The Bertz CT molecular complexity index is 1640. The van der Waals surface area contributed by atoms with Gasteiger partial charge in [0.25, 0.3) is 11.8 Å². The fourth-order valence-electron chi connectivity index (χ4n) is 5.73. The molecule has 3 atom stereocenters. The number of carbonyl (C=O) groups excluding carboxylic acids is 2. The van der Waals surface area contributed by atoms with Crippen LogP contribution in [0.5, 0.6) is 0 Å². The summed E-state index contributed by atoms with van der Waals surface area (Å²) < 4.78 is 95.2. The Labute approximate surface area is 262 Å². The van der Waals surface area contributed by atoms with E-state index in [4.69, 9.17) is 17.3 Å². The summed E-state index contributed by atoms with van der Waals surface area (Å²) in [5.74, 6) is -3.87. The van der Waals surface area contributed by atoms with Crippen molar-refractivity contribution >= 4 is 34.7 Å². The van der Waals surface area contributed by atoms with Crippen molar-refractivity contribution in [2.24, 2.45) is 5.92 Å². The lowest BCUT2D eigenvalue weighted by molar-refractivity contribution is -0.249. The molecule has 2 aliphatic heterocycles. The van der Waals surface area contributed by atoms with E-state index in [-0.39, 0.29) is 55.8 Å². The molecule has 250 valence electrons. The van der Waals surface area contributed by atoms with Crippen molar-refractivity contribution in [3.63, 3.8) is 0 Å². The van der Waals surface area contributed by atoms with E-state index < -0.39 is 61.0 Å². The van der Waals surface area contributed by atoms with Crippen molar-refractivity contribution in [2.75, 3.05) is 31.9 Å². The average molecular weight is 680 g/mol. The van der Waals surface area contributed by atoms with Gasteiger partial charge in [0, 0.05) is 18.7 Å². The normalized spacial score (nSPS) is 21.5. The highest BCUT2D eigenvalue weighted by molar-refractivity contribution is 6.34. The molecule has 0 saturated carbocycles. The maximum Gasteiger partial charge on any atom is 0.426 e. The molecule has 2 fully saturated rings. The van der Waals surface area contributed by atoms with Crippen LogP contribution in [-0.4, -0.2) is 97.7 Å². The maximum atomic E-state index is 14.8. The summed E-state index contributed by atoms with van der Waals surface area (Å²) in [6.07, 6.45) is -10.4. The standard InChI is InChI=1S/C28H29ClF7N7O3/c1-26(46,28(34,35)36)25(45)42-11-19(30)20(12-42)40-24(44)17-8-14(2-3-18(17)29)21-9-15(22-23(37)38-13-39-43(21)22)10-41-6-4-16(5-7-41)27(31,32)33/h2-3,8-9,13,16,19-20,46H,4-7,10-12H2,1H3,(H,40,44)(H2,37,38,39)/t19-,20+,26+/m0/s1. The summed E-state index contributed by atoms with van der Waals surface area (Å²) in [6, 6.07) is 4.68. The molecule has 2 aromatic heterocycles. The van der Waals surface area contributed by atoms with Gasteiger partial charge in [-0.2, -0.15) is 31.4 Å². The first kappa shape index (κ1) is 33.7. The molecular weight excluding hydrogens is 651 g/mol. The third-order valence-electron chi connectivity index (χ3n) is 8.43. The number of likely N-dealkylation sites (tertiary alicyclic amines) is 2. The van der Waals surface area contributed by atoms with Crippen LogP contribution in [0.1, 0.15) is 35.7 Å². The molecule has 46 heavy (non-hydrogen) atoms. The van der Waals surface area contributed by atoms with Crippen LogP contribution in [0, 0.1) is 5.92 Å². The Morgan fingerprint density at radius 1 is 1.11 bits per heavy atom. The zero-order valence-electron chi connectivity index (χ0n) is 24.2. The van der Waals surface area contributed by atoms with Gasteiger partial charge < -0.3 is 21.1 Å². The van der Waals surface area contributed by atoms with Crippen molar-refractivity contribution < 1.29 is 45.4 Å². The molecule has 5 rings (SSSR count). The predicted octanol–water partition coefficient (Wildman–Crippen LogP) is 4.00. The van der Waals surface area contributed by atoms with Crippen LogP contribution in [0.2, 0.25) is 5.02 Å². The van der Waals surface area contributed by atoms with Crippen LogP contribution in [0.15, 0.2) is 30.6 Å². The topological polar surface area (TPSA) is 129 Å². The lowest BCUT2D eigenvalue weighted by Gasteiger charge is -2.32. The summed E-state index contributed by atoms with van der Waals surface area (Å²) >= 11 is 6.29. The Morgan fingerprint density at radius 3 is 2.41 bits per heavy atom. The van der Waals surface area contributed by atoms with E-state index in [0.29, 0.717) is 27.2 Å². The summed E-state index contributed by atoms with van der Waals surface area (Å²) in [6.45, 7) is -0.462. The molecule has 3 aromatic rings. The maximum absolute atomic E-state index is 14.8. The monoisotopic (exact) mass is 679 g/mol. The Kier molecular flexibility index (Phi) is 8.89. The van der Waals surface area contributed by atoms with Crippen LogP contribution < -0.4 is 11.1 Å². The fraction of sp³-hybridized carbons (Fsp3) is 0.500. The number of hydrogen-bond acceptors (Lipinski definition) is 7. The second-order valence-corrected chi connectivity index (χ2v) is 12.0. The largest absolute Gasteiger partial charge is 0.426 e. The van der Waals surface area contributed by atoms with Crippen molar-refractivity contribution in [3.05, 3.63) is 46.7 Å². The van der Waals surface area contributed by atoms with E-state index in [1.54, 1.807) is 12.1 Å². The minimum absolute atomic E-state index is 0.0367. The number of fused-ring (bicyclic) bond motifs is 1. The highest BCUT2D eigenvalue weighted by Crippen LogP contribution is 2.36. The van der Waals surface area contributed by atoms with Gasteiger partial charge in [-0.15, -0.1) is 0 Å². The van der Waals surface area contributed by atoms with Crippen molar-refractivity contribution in [3.8, 4) is 11.3 Å². The van der Waals surface area contributed by atoms with Gasteiger partial charge in [-0.1, -0.05) is 17.7 Å². The molecule has 1 aromatic carbocycles. The molecule has 10 nitrogen and oxygen atoms in total. The number of aliphatic hydroxyl groups is 1. The Morgan fingerprint density at radius 2 is 1.78 bits per heavy atom. The van der Waals surface area contributed by atoms with E-state index in [1.807, 2.05) is 4.90 Å². The van der Waals surface area contributed by atoms with Crippen LogP contribution in [0.25, 0.3) is 16.8 Å². The smallest absolute Gasteiger partial charge is 0.382 e. The van der Waals surface area contributed by atoms with Gasteiger partial charge in [0.1, 0.15) is 18.0 Å². The minimum atomic E-state index is -5.30. The number of alkyl halides is 7. The summed E-state index contributed by atoms with van der Waals surface area (Å²) in [4.78, 5) is 31.9. The third-order valence-corrected chi connectivity index (χ3v) is 8.76. The number of hydrogen-bond donors (Lipinski definition) is 3. The van der Waals surface area contributed by atoms with Crippen molar-refractivity contribution in [1.29, 1.82) is 0 Å². The molecule has 0 unspecified atom stereocenters. The van der Waals surface area contributed by atoms with Gasteiger partial charge in [-0.25, -0.2) is 13.9 Å². The zero-order valence-corrected chi connectivity index (χ0v) is 24.9. The van der Waals surface area contributed by atoms with E-state index in [0.717, 1.165) is 0 Å². The first-order valence-electron chi connectivity index (χ1n) is 14.1. The number of carbonyl (C=O) groups is 2. The van der Waals surface area contributed by atoms with Gasteiger partial charge in [0.15, 0.2) is 5.82 Å². The van der Waals surface area contributed by atoms with E-state index in [9.17, 15) is 45.4 Å². The molecule has 0 bridgehead atoms. The van der Waals surface area contributed by atoms with Crippen LogP contribution in [0.3, 0.4) is 0 Å². The number of nitrogens with zero attached hydrogens (tertiary/aromatic N) is 5. The molecule has 4 heterocycles. The number of piperidine rings is 1. The molecule has 0 radical (unpaired) electrons. The molecule has 4 N–H and O–H groups in total. The number of benzene rings is 1. The van der Waals surface area contributed by atoms with Gasteiger partial charge in [-0.05, 0) is 56.6 Å². The van der Waals surface area contributed by atoms with Gasteiger partial charge in [0.2, 0.25) is 5.60 Å². The number of amides is 2. The molecular formula is C28H29ClF7N7O3.